The van der Waals surface area contributed by atoms with Crippen molar-refractivity contribution in [3.05, 3.63) is 52.1 Å². The minimum atomic E-state index is -0.527. The number of ether oxygens (including phenoxy) is 2. The number of carbonyl (C=O) groups is 1. The molecule has 0 bridgehead atoms. The summed E-state index contributed by atoms with van der Waals surface area (Å²) in [7, 11) is 1.54. The summed E-state index contributed by atoms with van der Waals surface area (Å²) < 4.78 is 10.9. The van der Waals surface area contributed by atoms with Gasteiger partial charge >= 0.3 is 6.09 Å². The lowest BCUT2D eigenvalue weighted by Gasteiger charge is -2.11. The van der Waals surface area contributed by atoms with Gasteiger partial charge in [-0.25, -0.2) is 9.78 Å². The summed E-state index contributed by atoms with van der Waals surface area (Å²) in [6, 6.07) is 9.48. The molecule has 6 heteroatoms. The third-order valence-electron chi connectivity index (χ3n) is 2.87. The van der Waals surface area contributed by atoms with Crippen molar-refractivity contribution in [2.24, 2.45) is 0 Å². The molecule has 0 radical (unpaired) electrons. The number of benzene rings is 1. The summed E-state index contributed by atoms with van der Waals surface area (Å²) in [5.74, 6) is 0.468. The van der Waals surface area contributed by atoms with Crippen molar-refractivity contribution in [1.82, 2.24) is 4.98 Å². The average Bonchev–Trinajstić information content (AvgIpc) is 2.51. The van der Waals surface area contributed by atoms with Crippen molar-refractivity contribution in [2.75, 3.05) is 12.4 Å². The second-order valence-electron chi connectivity index (χ2n) is 4.31. The van der Waals surface area contributed by atoms with Crippen LogP contribution in [0.3, 0.4) is 0 Å². The van der Waals surface area contributed by atoms with Crippen molar-refractivity contribution in [1.29, 1.82) is 0 Å². The topological polar surface area (TPSA) is 60.5 Å². The van der Waals surface area contributed by atoms with Gasteiger partial charge in [-0.3, -0.25) is 5.32 Å². The molecule has 110 valence electrons. The molecule has 5 nitrogen and oxygen atoms in total. The van der Waals surface area contributed by atoms with Crippen LogP contribution < -0.4 is 10.1 Å². The number of carbonyl (C=O) groups excluding carboxylic acids is 1. The molecule has 0 aliphatic carbocycles. The maximum absolute atomic E-state index is 11.8. The van der Waals surface area contributed by atoms with E-state index in [0.717, 1.165) is 11.1 Å². The lowest BCUT2D eigenvalue weighted by Crippen LogP contribution is -2.14. The number of hydrogen-bond acceptors (Lipinski definition) is 4. The van der Waals surface area contributed by atoms with E-state index in [-0.39, 0.29) is 6.61 Å². The van der Waals surface area contributed by atoms with Crippen LogP contribution in [0.2, 0.25) is 0 Å². The first-order valence-corrected chi connectivity index (χ1v) is 7.08. The highest BCUT2D eigenvalue weighted by atomic mass is 79.9. The summed E-state index contributed by atoms with van der Waals surface area (Å²) in [4.78, 5) is 15.9. The van der Waals surface area contributed by atoms with Crippen LogP contribution in [0, 0.1) is 6.92 Å². The molecular formula is C15H15BrN2O3. The van der Waals surface area contributed by atoms with Gasteiger partial charge in [0.15, 0.2) is 0 Å². The highest BCUT2D eigenvalue weighted by molar-refractivity contribution is 9.10. The van der Waals surface area contributed by atoms with E-state index < -0.39 is 6.09 Å². The highest BCUT2D eigenvalue weighted by Crippen LogP contribution is 2.30. The second-order valence-corrected chi connectivity index (χ2v) is 5.10. The van der Waals surface area contributed by atoms with Crippen molar-refractivity contribution >= 4 is 27.7 Å². The zero-order valence-corrected chi connectivity index (χ0v) is 13.3. The number of nitrogens with one attached hydrogen (secondary N) is 1. The van der Waals surface area contributed by atoms with Gasteiger partial charge in [0, 0.05) is 0 Å². The zero-order valence-electron chi connectivity index (χ0n) is 11.7. The molecule has 1 N–H and O–H groups in total. The van der Waals surface area contributed by atoms with E-state index in [1.165, 1.54) is 13.3 Å². The van der Waals surface area contributed by atoms with Crippen LogP contribution in [0.4, 0.5) is 10.5 Å². The van der Waals surface area contributed by atoms with Gasteiger partial charge in [-0.15, -0.1) is 0 Å². The first kappa shape index (κ1) is 15.3. The normalized spacial score (nSPS) is 10.0. The minimum absolute atomic E-state index is 0.219. The van der Waals surface area contributed by atoms with Crippen molar-refractivity contribution < 1.29 is 14.3 Å². The van der Waals surface area contributed by atoms with Gasteiger partial charge in [0.25, 0.3) is 0 Å². The van der Waals surface area contributed by atoms with E-state index in [4.69, 9.17) is 9.47 Å². The minimum Gasteiger partial charge on any atom is -0.480 e. The Morgan fingerprint density at radius 1 is 1.33 bits per heavy atom. The van der Waals surface area contributed by atoms with Crippen molar-refractivity contribution in [3.8, 4) is 5.88 Å². The Hall–Kier alpha value is -2.08. The summed E-state index contributed by atoms with van der Waals surface area (Å²) in [6.07, 6.45) is 1.00. The predicted octanol–water partition coefficient (Wildman–Crippen LogP) is 3.91. The molecule has 21 heavy (non-hydrogen) atoms. The number of amides is 1. The van der Waals surface area contributed by atoms with E-state index in [2.05, 4.69) is 26.2 Å². The van der Waals surface area contributed by atoms with Crippen LogP contribution in [-0.4, -0.2) is 18.2 Å². The van der Waals surface area contributed by atoms with E-state index >= 15 is 0 Å². The number of nitrogens with zero attached hydrogens (tertiary/aromatic N) is 1. The molecule has 0 saturated heterocycles. The molecule has 0 spiro atoms. The molecule has 0 atom stereocenters. The number of methoxy groups -OCH3 is 1. The summed E-state index contributed by atoms with van der Waals surface area (Å²) in [6.45, 7) is 2.07. The molecule has 0 saturated carbocycles. The van der Waals surface area contributed by atoms with E-state index in [1.807, 2.05) is 37.3 Å². The Morgan fingerprint density at radius 2 is 2.05 bits per heavy atom. The average molecular weight is 351 g/mol. The summed E-state index contributed by atoms with van der Waals surface area (Å²) >= 11 is 3.38. The van der Waals surface area contributed by atoms with Gasteiger partial charge in [-0.2, -0.15) is 0 Å². The van der Waals surface area contributed by atoms with Gasteiger partial charge in [-0.05, 0) is 34.0 Å². The first-order chi connectivity index (χ1) is 10.1. The third-order valence-corrected chi connectivity index (χ3v) is 3.81. The van der Waals surface area contributed by atoms with Gasteiger partial charge < -0.3 is 9.47 Å². The largest absolute Gasteiger partial charge is 0.480 e. The van der Waals surface area contributed by atoms with Crippen LogP contribution in [-0.2, 0) is 11.3 Å². The fourth-order valence-electron chi connectivity index (χ4n) is 1.69. The Kier molecular flexibility index (Phi) is 5.16. The molecule has 2 aromatic rings. The molecule has 1 aromatic heterocycles. The van der Waals surface area contributed by atoms with Gasteiger partial charge in [-0.1, -0.05) is 30.3 Å². The number of pyridine rings is 1. The molecule has 2 rings (SSSR count). The Bertz CT molecular complexity index is 632. The van der Waals surface area contributed by atoms with E-state index in [0.29, 0.717) is 16.0 Å². The molecular weight excluding hydrogens is 336 g/mol. The van der Waals surface area contributed by atoms with Gasteiger partial charge in [0.05, 0.1) is 23.5 Å². The number of halogens is 1. The third kappa shape index (κ3) is 3.95. The molecule has 0 aliphatic heterocycles. The molecule has 1 heterocycles. The Labute approximate surface area is 131 Å². The zero-order chi connectivity index (χ0) is 15.2. The quantitative estimate of drug-likeness (QED) is 0.907. The predicted molar refractivity (Wildman–Crippen MR) is 83.5 cm³/mol. The van der Waals surface area contributed by atoms with Gasteiger partial charge in [0.2, 0.25) is 5.88 Å². The maximum Gasteiger partial charge on any atom is 0.412 e. The Balaban J connectivity index is 1.98. The van der Waals surface area contributed by atoms with Crippen LogP contribution in [0.1, 0.15) is 11.1 Å². The molecule has 1 amide bonds. The lowest BCUT2D eigenvalue weighted by atomic mass is 10.2. The second kappa shape index (κ2) is 7.08. The number of rotatable bonds is 4. The van der Waals surface area contributed by atoms with Crippen LogP contribution in [0.15, 0.2) is 41.0 Å². The van der Waals surface area contributed by atoms with Crippen LogP contribution in [0.5, 0.6) is 5.88 Å². The standard InChI is InChI=1S/C15H15BrN2O3/c1-10-12(8-17-14(20-2)13(10)16)18-15(19)21-9-11-6-4-3-5-7-11/h3-8H,9H2,1-2H3,(H,18,19). The van der Waals surface area contributed by atoms with Crippen molar-refractivity contribution in [3.63, 3.8) is 0 Å². The SMILES string of the molecule is COc1ncc(NC(=O)OCc2ccccc2)c(C)c1Br. The first-order valence-electron chi connectivity index (χ1n) is 6.28. The summed E-state index contributed by atoms with van der Waals surface area (Å²) in [5, 5.41) is 2.66. The number of anilines is 1. The van der Waals surface area contributed by atoms with Crippen LogP contribution >= 0.6 is 15.9 Å². The molecule has 1 aromatic carbocycles. The fraction of sp³-hybridized carbons (Fsp3) is 0.200. The summed E-state index contributed by atoms with van der Waals surface area (Å²) in [5.41, 5.74) is 2.32. The molecule has 0 aliphatic rings. The lowest BCUT2D eigenvalue weighted by molar-refractivity contribution is 0.155. The number of aromatic nitrogens is 1. The monoisotopic (exact) mass is 350 g/mol. The van der Waals surface area contributed by atoms with Crippen LogP contribution in [0.25, 0.3) is 0 Å². The van der Waals surface area contributed by atoms with E-state index in [9.17, 15) is 4.79 Å². The van der Waals surface area contributed by atoms with E-state index in [1.54, 1.807) is 0 Å². The van der Waals surface area contributed by atoms with Gasteiger partial charge in [0.1, 0.15) is 6.61 Å². The smallest absolute Gasteiger partial charge is 0.412 e. The fourth-order valence-corrected chi connectivity index (χ4v) is 2.17. The Morgan fingerprint density at radius 3 is 2.71 bits per heavy atom. The maximum atomic E-state index is 11.8. The molecule has 0 fully saturated rings. The van der Waals surface area contributed by atoms with Crippen molar-refractivity contribution in [2.45, 2.75) is 13.5 Å². The number of hydrogen-bond donors (Lipinski definition) is 1. The molecule has 0 unspecified atom stereocenters. The highest BCUT2D eigenvalue weighted by Gasteiger charge is 2.12.